The molecule has 1 aliphatic heterocycles. The zero-order valence-corrected chi connectivity index (χ0v) is 28.4. The fraction of sp³-hybridized carbons (Fsp3) is 0.405. The molecule has 0 aliphatic carbocycles. The number of piperidine rings is 1. The van der Waals surface area contributed by atoms with E-state index in [2.05, 4.69) is 16.0 Å². The normalized spacial score (nSPS) is 18.3. The molecule has 12 nitrogen and oxygen atoms in total. The van der Waals surface area contributed by atoms with E-state index in [0.717, 1.165) is 16.2 Å². The third-order valence-corrected chi connectivity index (χ3v) is 8.94. The molecule has 8 N–H and O–H groups in total. The number of nitrogens with two attached hydrogens (primary N) is 2. The van der Waals surface area contributed by atoms with Gasteiger partial charge in [-0.15, -0.1) is 10.3 Å². The smallest absolute Gasteiger partial charge is 0.246 e. The molecule has 261 valence electrons. The van der Waals surface area contributed by atoms with Crippen LogP contribution < -0.4 is 27.4 Å². The van der Waals surface area contributed by atoms with Crippen molar-refractivity contribution >= 4 is 23.6 Å². The number of aromatic hydroxyl groups is 1. The van der Waals surface area contributed by atoms with Crippen molar-refractivity contribution in [1.29, 1.82) is 0 Å². The molecule has 0 aromatic heterocycles. The Morgan fingerprint density at radius 1 is 0.714 bits per heavy atom. The summed E-state index contributed by atoms with van der Waals surface area (Å²) in [5.41, 5.74) is 10.4. The lowest BCUT2D eigenvalue weighted by Gasteiger charge is -2.54. The van der Waals surface area contributed by atoms with Gasteiger partial charge in [0.2, 0.25) is 23.6 Å². The number of hydrogen-bond donors (Lipinski definition) is 6. The number of amides is 4. The van der Waals surface area contributed by atoms with E-state index < -0.39 is 58.4 Å². The maximum atomic E-state index is 14.6. The van der Waals surface area contributed by atoms with Crippen LogP contribution in [-0.2, 0) is 43.6 Å². The number of nitrogens with zero attached hydrogens (tertiary/aromatic N) is 1. The van der Waals surface area contributed by atoms with Crippen LogP contribution in [0.2, 0.25) is 0 Å². The van der Waals surface area contributed by atoms with Crippen LogP contribution in [-0.4, -0.2) is 68.5 Å². The van der Waals surface area contributed by atoms with Gasteiger partial charge in [-0.2, -0.15) is 0 Å². The van der Waals surface area contributed by atoms with Crippen molar-refractivity contribution in [2.45, 2.75) is 94.5 Å². The predicted molar refractivity (Wildman–Crippen MR) is 184 cm³/mol. The minimum absolute atomic E-state index is 0.0695. The highest BCUT2D eigenvalue weighted by Crippen LogP contribution is 2.43. The summed E-state index contributed by atoms with van der Waals surface area (Å²) in [5.74, 6) is -2.58. The Bertz CT molecular complexity index is 1600. The van der Waals surface area contributed by atoms with Gasteiger partial charge in [0.1, 0.15) is 23.4 Å². The molecule has 0 unspecified atom stereocenters. The van der Waals surface area contributed by atoms with E-state index >= 15 is 0 Å². The Labute approximate surface area is 287 Å². The van der Waals surface area contributed by atoms with Crippen molar-refractivity contribution in [3.63, 3.8) is 0 Å². The van der Waals surface area contributed by atoms with Crippen LogP contribution in [0.4, 0.5) is 0 Å². The third-order valence-electron chi connectivity index (χ3n) is 8.94. The second kappa shape index (κ2) is 15.2. The SMILES string of the molecule is CC1(C)CC(NC(=O)[C@@H](N)Cc2ccc(O)cc2)(C(=O)N[C@@H](Cc2ccccc2)C(=O)N[C@@H](Cc2ccccc2)C(N)=O)CC(C)(C)N1[O]. The molecule has 49 heavy (non-hydrogen) atoms. The summed E-state index contributed by atoms with van der Waals surface area (Å²) in [6.45, 7) is 6.78. The molecule has 1 fully saturated rings. The average Bonchev–Trinajstić information content (AvgIpc) is 3.04. The number of carbonyl (C=O) groups is 4. The minimum Gasteiger partial charge on any atom is -0.508 e. The fourth-order valence-electron chi connectivity index (χ4n) is 6.82. The molecule has 1 saturated heterocycles. The average molecular weight is 672 g/mol. The zero-order chi connectivity index (χ0) is 36.0. The lowest BCUT2D eigenvalue weighted by atomic mass is 9.69. The van der Waals surface area contributed by atoms with Gasteiger partial charge in [0.05, 0.1) is 6.04 Å². The molecule has 1 heterocycles. The van der Waals surface area contributed by atoms with Crippen molar-refractivity contribution < 1.29 is 29.5 Å². The highest BCUT2D eigenvalue weighted by molar-refractivity contribution is 5.97. The lowest BCUT2D eigenvalue weighted by molar-refractivity contribution is -0.295. The third kappa shape index (κ3) is 9.44. The van der Waals surface area contributed by atoms with Crippen molar-refractivity contribution in [3.8, 4) is 5.75 Å². The van der Waals surface area contributed by atoms with E-state index in [9.17, 15) is 29.5 Å². The van der Waals surface area contributed by atoms with Crippen molar-refractivity contribution in [3.05, 3.63) is 102 Å². The Morgan fingerprint density at radius 3 is 1.67 bits per heavy atom. The summed E-state index contributed by atoms with van der Waals surface area (Å²) in [6, 6.07) is 21.1. The number of phenols is 1. The summed E-state index contributed by atoms with van der Waals surface area (Å²) in [5, 5.41) is 32.5. The first-order valence-electron chi connectivity index (χ1n) is 16.3. The molecule has 4 amide bonds. The van der Waals surface area contributed by atoms with E-state index in [1.165, 1.54) is 12.1 Å². The molecule has 1 radical (unpaired) electrons. The number of primary amides is 1. The largest absolute Gasteiger partial charge is 0.508 e. The second-order valence-electron chi connectivity index (χ2n) is 14.2. The molecule has 12 heteroatoms. The number of hydroxylamine groups is 2. The molecule has 3 atom stereocenters. The molecule has 0 saturated carbocycles. The summed E-state index contributed by atoms with van der Waals surface area (Å²) in [6.07, 6.45) is 0.190. The monoisotopic (exact) mass is 671 g/mol. The maximum absolute atomic E-state index is 14.6. The molecular weight excluding hydrogens is 624 g/mol. The molecule has 0 spiro atoms. The highest BCUT2D eigenvalue weighted by Gasteiger charge is 2.57. The minimum atomic E-state index is -1.64. The Hall–Kier alpha value is -4.78. The van der Waals surface area contributed by atoms with Crippen molar-refractivity contribution in [1.82, 2.24) is 21.0 Å². The molecule has 3 aromatic carbocycles. The summed E-state index contributed by atoms with van der Waals surface area (Å²) >= 11 is 0. The van der Waals surface area contributed by atoms with Gasteiger partial charge < -0.3 is 32.5 Å². The standard InChI is InChI=1S/C37H47N6O6/c1-35(2)22-37(23-36(3,4)43(35)49,42-32(46)28(38)19-26-15-17-27(44)18-16-26)34(48)41-30(21-25-13-9-6-10-14-25)33(47)40-29(31(39)45)20-24-11-7-5-8-12-24/h5-18,28-30,44H,19-23,38H2,1-4H3,(H2,39,45)(H,40,47)(H,41,48)(H,42,46)/t28-,29-,30-/m0/s1. The van der Waals surface area contributed by atoms with Gasteiger partial charge in [-0.1, -0.05) is 72.8 Å². The van der Waals surface area contributed by atoms with Gasteiger partial charge in [-0.05, 0) is 75.8 Å². The van der Waals surface area contributed by atoms with Crippen LogP contribution in [0.3, 0.4) is 0 Å². The molecule has 4 rings (SSSR count). The van der Waals surface area contributed by atoms with E-state index in [1.807, 2.05) is 48.5 Å². The predicted octanol–water partition coefficient (Wildman–Crippen LogP) is 2.06. The van der Waals surface area contributed by atoms with Gasteiger partial charge >= 0.3 is 0 Å². The van der Waals surface area contributed by atoms with Gasteiger partial charge in [0.15, 0.2) is 0 Å². The first kappa shape index (κ1) is 37.0. The second-order valence-corrected chi connectivity index (χ2v) is 14.2. The van der Waals surface area contributed by atoms with E-state index in [0.29, 0.717) is 5.56 Å². The van der Waals surface area contributed by atoms with Gasteiger partial charge in [0.25, 0.3) is 0 Å². The summed E-state index contributed by atoms with van der Waals surface area (Å²) in [4.78, 5) is 54.7. The first-order chi connectivity index (χ1) is 23.0. The molecule has 3 aromatic rings. The number of nitrogens with one attached hydrogen (secondary N) is 3. The number of benzene rings is 3. The maximum Gasteiger partial charge on any atom is 0.246 e. The molecule has 1 aliphatic rings. The van der Waals surface area contributed by atoms with E-state index in [-0.39, 0.29) is 37.9 Å². The summed E-state index contributed by atoms with van der Waals surface area (Å²) < 4.78 is 0. The van der Waals surface area contributed by atoms with Gasteiger partial charge in [-0.3, -0.25) is 19.2 Å². The number of rotatable bonds is 13. The Balaban J connectivity index is 1.65. The first-order valence-corrected chi connectivity index (χ1v) is 16.3. The molecule has 0 bridgehead atoms. The van der Waals surface area contributed by atoms with E-state index in [1.54, 1.807) is 52.0 Å². The van der Waals surface area contributed by atoms with Crippen LogP contribution in [0.25, 0.3) is 0 Å². The Kier molecular flexibility index (Phi) is 11.5. The van der Waals surface area contributed by atoms with E-state index in [4.69, 9.17) is 11.5 Å². The highest BCUT2D eigenvalue weighted by atomic mass is 16.5. The van der Waals surface area contributed by atoms with Crippen LogP contribution in [0, 0.1) is 0 Å². The number of phenolic OH excluding ortho intramolecular Hbond substituents is 1. The van der Waals surface area contributed by atoms with Gasteiger partial charge in [-0.25, -0.2) is 0 Å². The van der Waals surface area contributed by atoms with Crippen LogP contribution >= 0.6 is 0 Å². The number of carbonyl (C=O) groups excluding carboxylic acids is 4. The van der Waals surface area contributed by atoms with Crippen LogP contribution in [0.15, 0.2) is 84.9 Å². The zero-order valence-electron chi connectivity index (χ0n) is 28.4. The van der Waals surface area contributed by atoms with Crippen molar-refractivity contribution in [2.75, 3.05) is 0 Å². The summed E-state index contributed by atoms with van der Waals surface area (Å²) in [7, 11) is 0. The fourth-order valence-corrected chi connectivity index (χ4v) is 6.82. The van der Waals surface area contributed by atoms with Crippen LogP contribution in [0.1, 0.15) is 57.2 Å². The molecular formula is C37H47N6O6. The van der Waals surface area contributed by atoms with Gasteiger partial charge in [0, 0.05) is 23.9 Å². The number of hydrogen-bond acceptors (Lipinski definition) is 7. The lowest BCUT2D eigenvalue weighted by Crippen LogP contribution is -2.74. The topological polar surface area (TPSA) is 200 Å². The van der Waals surface area contributed by atoms with Crippen LogP contribution in [0.5, 0.6) is 5.75 Å². The van der Waals surface area contributed by atoms with Crippen molar-refractivity contribution in [2.24, 2.45) is 11.5 Å². The Morgan fingerprint density at radius 2 is 1.18 bits per heavy atom. The quantitative estimate of drug-likeness (QED) is 0.160.